The van der Waals surface area contributed by atoms with Crippen molar-refractivity contribution in [3.05, 3.63) is 20.3 Å². The van der Waals surface area contributed by atoms with Gasteiger partial charge in [-0.3, -0.25) is 0 Å². The molecule has 4 nitrogen and oxygen atoms in total. The lowest BCUT2D eigenvalue weighted by Gasteiger charge is -2.27. The normalized spacial score (nSPS) is 14.4. The Labute approximate surface area is 153 Å². The zero-order valence-electron chi connectivity index (χ0n) is 14.6. The first-order valence-electron chi connectivity index (χ1n) is 7.62. The summed E-state index contributed by atoms with van der Waals surface area (Å²) in [6, 6.07) is 2.00. The molecule has 1 rings (SSSR count). The summed E-state index contributed by atoms with van der Waals surface area (Å²) in [5.41, 5.74) is 0.533. The summed E-state index contributed by atoms with van der Waals surface area (Å²) in [5.74, 6) is 0.280. The van der Waals surface area contributed by atoms with E-state index in [2.05, 4.69) is 19.2 Å². The number of nitrogens with one attached hydrogen (secondary N) is 1. The quantitative estimate of drug-likeness (QED) is 0.736. The molecule has 7 heteroatoms. The number of carbonyl (C=O) groups is 1. The van der Waals surface area contributed by atoms with E-state index in [4.69, 9.17) is 27.9 Å². The average molecular weight is 381 g/mol. The molecule has 2 unspecified atom stereocenters. The topological polar surface area (TPSA) is 41.6 Å². The second-order valence-electron chi connectivity index (χ2n) is 6.88. The maximum atomic E-state index is 12.0. The summed E-state index contributed by atoms with van der Waals surface area (Å²) in [6.07, 6.45) is -0.301. The molecule has 1 amide bonds. The molecule has 0 fully saturated rings. The van der Waals surface area contributed by atoms with Crippen molar-refractivity contribution < 1.29 is 9.53 Å². The maximum Gasteiger partial charge on any atom is 0.410 e. The molecule has 132 valence electrons. The Morgan fingerprint density at radius 2 is 2.00 bits per heavy atom. The number of ether oxygens (including phenoxy) is 1. The van der Waals surface area contributed by atoms with Crippen LogP contribution in [0.15, 0.2) is 6.07 Å². The third kappa shape index (κ3) is 7.29. The van der Waals surface area contributed by atoms with E-state index in [0.717, 1.165) is 12.1 Å². The molecule has 1 aromatic rings. The van der Waals surface area contributed by atoms with Gasteiger partial charge in [0.25, 0.3) is 0 Å². The first-order chi connectivity index (χ1) is 10.5. The Kier molecular flexibility index (Phi) is 7.65. The van der Waals surface area contributed by atoms with E-state index in [1.165, 1.54) is 11.3 Å². The van der Waals surface area contributed by atoms with Gasteiger partial charge in [-0.25, -0.2) is 4.79 Å². The van der Waals surface area contributed by atoms with E-state index in [0.29, 0.717) is 15.2 Å². The van der Waals surface area contributed by atoms with Crippen molar-refractivity contribution in [2.24, 2.45) is 5.92 Å². The molecule has 0 aliphatic carbocycles. The smallest absolute Gasteiger partial charge is 0.410 e. The van der Waals surface area contributed by atoms with Crippen LogP contribution in [0, 0.1) is 5.92 Å². The van der Waals surface area contributed by atoms with E-state index in [-0.39, 0.29) is 18.1 Å². The minimum absolute atomic E-state index is 0.112. The fourth-order valence-corrected chi connectivity index (χ4v) is 3.73. The minimum Gasteiger partial charge on any atom is -0.444 e. The standard InChI is InChI=1S/C16H26Cl2N2O2S/c1-10(9-20(6)15(21)22-16(3,4)5)8-19-11(2)12-7-13(17)23-14(12)18/h7,10-11,19H,8-9H2,1-6H3. The second-order valence-corrected chi connectivity index (χ2v) is 9.16. The molecule has 2 atom stereocenters. The van der Waals surface area contributed by atoms with Crippen molar-refractivity contribution in [3.63, 3.8) is 0 Å². The van der Waals surface area contributed by atoms with Crippen LogP contribution in [-0.4, -0.2) is 36.7 Å². The Hall–Kier alpha value is -0.490. The Morgan fingerprint density at radius 3 is 2.48 bits per heavy atom. The average Bonchev–Trinajstić information content (AvgIpc) is 2.73. The summed E-state index contributed by atoms with van der Waals surface area (Å²) < 4.78 is 6.76. The number of carbonyl (C=O) groups excluding carboxylic acids is 1. The van der Waals surface area contributed by atoms with Gasteiger partial charge in [0, 0.05) is 19.6 Å². The van der Waals surface area contributed by atoms with Crippen LogP contribution in [0.2, 0.25) is 8.67 Å². The zero-order chi connectivity index (χ0) is 17.8. The van der Waals surface area contributed by atoms with Gasteiger partial charge in [-0.2, -0.15) is 0 Å². The molecule has 0 aliphatic rings. The number of halogens is 2. The van der Waals surface area contributed by atoms with Crippen LogP contribution in [0.5, 0.6) is 0 Å². The lowest BCUT2D eigenvalue weighted by Crippen LogP contribution is -2.38. The van der Waals surface area contributed by atoms with Gasteiger partial charge in [0.2, 0.25) is 0 Å². The number of hydrogen-bond acceptors (Lipinski definition) is 4. The molecule has 0 aromatic carbocycles. The molecule has 1 aromatic heterocycles. The number of hydrogen-bond donors (Lipinski definition) is 1. The highest BCUT2D eigenvalue weighted by Crippen LogP contribution is 2.34. The van der Waals surface area contributed by atoms with Crippen LogP contribution >= 0.6 is 34.5 Å². The van der Waals surface area contributed by atoms with Gasteiger partial charge in [0.15, 0.2) is 0 Å². The molecule has 0 spiro atoms. The molecule has 0 bridgehead atoms. The van der Waals surface area contributed by atoms with Crippen LogP contribution in [-0.2, 0) is 4.74 Å². The molecular weight excluding hydrogens is 355 g/mol. The third-order valence-corrected chi connectivity index (χ3v) is 4.73. The van der Waals surface area contributed by atoms with Gasteiger partial charge in [-0.15, -0.1) is 11.3 Å². The molecule has 1 heterocycles. The first kappa shape index (κ1) is 20.6. The van der Waals surface area contributed by atoms with Crippen molar-refractivity contribution in [1.82, 2.24) is 10.2 Å². The van der Waals surface area contributed by atoms with Gasteiger partial charge in [0.1, 0.15) is 5.60 Å². The molecule has 0 aliphatic heterocycles. The predicted molar refractivity (Wildman–Crippen MR) is 98.8 cm³/mol. The number of nitrogens with zero attached hydrogens (tertiary/aromatic N) is 1. The summed E-state index contributed by atoms with van der Waals surface area (Å²) >= 11 is 13.5. The lowest BCUT2D eigenvalue weighted by molar-refractivity contribution is 0.0276. The van der Waals surface area contributed by atoms with Crippen molar-refractivity contribution in [2.45, 2.75) is 46.3 Å². The number of thiophene rings is 1. The van der Waals surface area contributed by atoms with Crippen LogP contribution in [0.3, 0.4) is 0 Å². The molecule has 1 N–H and O–H groups in total. The molecule has 0 saturated heterocycles. The lowest BCUT2D eigenvalue weighted by atomic mass is 10.1. The SMILES string of the molecule is CC(CNC(C)c1cc(Cl)sc1Cl)CN(C)C(=O)OC(C)(C)C. The van der Waals surface area contributed by atoms with Gasteiger partial charge in [0.05, 0.1) is 8.67 Å². The molecule has 0 radical (unpaired) electrons. The monoisotopic (exact) mass is 380 g/mol. The fourth-order valence-electron chi connectivity index (χ4n) is 2.08. The Bertz CT molecular complexity index is 529. The van der Waals surface area contributed by atoms with Gasteiger partial charge >= 0.3 is 6.09 Å². The molecule has 23 heavy (non-hydrogen) atoms. The van der Waals surface area contributed by atoms with Crippen LogP contribution < -0.4 is 5.32 Å². The van der Waals surface area contributed by atoms with E-state index >= 15 is 0 Å². The van der Waals surface area contributed by atoms with Gasteiger partial charge in [-0.1, -0.05) is 30.1 Å². The zero-order valence-corrected chi connectivity index (χ0v) is 16.9. The first-order valence-corrected chi connectivity index (χ1v) is 9.19. The van der Waals surface area contributed by atoms with Gasteiger partial charge in [-0.05, 0) is 51.8 Å². The van der Waals surface area contributed by atoms with Crippen LogP contribution in [0.1, 0.15) is 46.2 Å². The summed E-state index contributed by atoms with van der Waals surface area (Å²) in [6.45, 7) is 11.1. The minimum atomic E-state index is -0.476. The van der Waals surface area contributed by atoms with E-state index < -0.39 is 5.60 Å². The molecule has 0 saturated carbocycles. The highest BCUT2D eigenvalue weighted by Gasteiger charge is 2.21. The summed E-state index contributed by atoms with van der Waals surface area (Å²) in [5, 5.41) is 3.43. The highest BCUT2D eigenvalue weighted by atomic mass is 35.5. The Morgan fingerprint density at radius 1 is 1.39 bits per heavy atom. The Balaban J connectivity index is 2.43. The van der Waals surface area contributed by atoms with Crippen molar-refractivity contribution in [1.29, 1.82) is 0 Å². The van der Waals surface area contributed by atoms with E-state index in [1.807, 2.05) is 26.8 Å². The van der Waals surface area contributed by atoms with E-state index in [1.54, 1.807) is 11.9 Å². The maximum absolute atomic E-state index is 12.0. The van der Waals surface area contributed by atoms with E-state index in [9.17, 15) is 4.79 Å². The summed E-state index contributed by atoms with van der Waals surface area (Å²) in [4.78, 5) is 13.6. The molecular formula is C16H26Cl2N2O2S. The van der Waals surface area contributed by atoms with Crippen LogP contribution in [0.4, 0.5) is 4.79 Å². The predicted octanol–water partition coefficient (Wildman–Crippen LogP) is 5.21. The van der Waals surface area contributed by atoms with Crippen molar-refractivity contribution in [2.75, 3.05) is 20.1 Å². The number of rotatable bonds is 6. The highest BCUT2D eigenvalue weighted by molar-refractivity contribution is 7.20. The van der Waals surface area contributed by atoms with Crippen LogP contribution in [0.25, 0.3) is 0 Å². The largest absolute Gasteiger partial charge is 0.444 e. The second kappa shape index (κ2) is 8.56. The third-order valence-electron chi connectivity index (χ3n) is 3.21. The fraction of sp³-hybridized carbons (Fsp3) is 0.688. The van der Waals surface area contributed by atoms with Gasteiger partial charge < -0.3 is 15.0 Å². The number of amides is 1. The summed E-state index contributed by atoms with van der Waals surface area (Å²) in [7, 11) is 1.75. The van der Waals surface area contributed by atoms with Crippen molar-refractivity contribution >= 4 is 40.6 Å². The van der Waals surface area contributed by atoms with Crippen molar-refractivity contribution in [3.8, 4) is 0 Å².